The van der Waals surface area contributed by atoms with Gasteiger partial charge in [-0.05, 0) is 25.9 Å². The van der Waals surface area contributed by atoms with E-state index < -0.39 is 0 Å². The Kier molecular flexibility index (Phi) is 7.30. The summed E-state index contributed by atoms with van der Waals surface area (Å²) in [6.45, 7) is 9.77. The monoisotopic (exact) mass is 183 g/mol. The first kappa shape index (κ1) is 12.2. The molecule has 0 aromatic heterocycles. The van der Waals surface area contributed by atoms with Crippen LogP contribution in [0.2, 0.25) is 0 Å². The Morgan fingerprint density at radius 2 is 2.31 bits per heavy atom. The molecule has 1 unspecified atom stereocenters. The summed E-state index contributed by atoms with van der Waals surface area (Å²) in [6.07, 6.45) is 3.59. The SMILES string of the molecule is C=CN=C(N)C(CC)CCNCC. The third-order valence-corrected chi connectivity index (χ3v) is 2.07. The van der Waals surface area contributed by atoms with E-state index in [0.717, 1.165) is 25.9 Å². The van der Waals surface area contributed by atoms with Crippen LogP contribution in [-0.4, -0.2) is 18.9 Å². The zero-order chi connectivity index (χ0) is 10.1. The Morgan fingerprint density at radius 3 is 2.77 bits per heavy atom. The number of nitrogens with one attached hydrogen (secondary N) is 1. The van der Waals surface area contributed by atoms with Gasteiger partial charge in [0.15, 0.2) is 0 Å². The molecule has 0 aromatic carbocycles. The minimum absolute atomic E-state index is 0.386. The predicted octanol–water partition coefficient (Wildman–Crippen LogP) is 1.51. The minimum Gasteiger partial charge on any atom is -0.387 e. The lowest BCUT2D eigenvalue weighted by atomic mass is 10.0. The van der Waals surface area contributed by atoms with Crippen molar-refractivity contribution in [3.63, 3.8) is 0 Å². The molecule has 13 heavy (non-hydrogen) atoms. The van der Waals surface area contributed by atoms with Crippen molar-refractivity contribution in [1.82, 2.24) is 5.32 Å². The van der Waals surface area contributed by atoms with Crippen molar-refractivity contribution in [3.8, 4) is 0 Å². The highest BCUT2D eigenvalue weighted by Crippen LogP contribution is 2.07. The molecular formula is C10H21N3. The van der Waals surface area contributed by atoms with Crippen molar-refractivity contribution in [2.24, 2.45) is 16.6 Å². The number of nitrogens with zero attached hydrogens (tertiary/aromatic N) is 1. The average molecular weight is 183 g/mol. The Hall–Kier alpha value is -0.830. The highest BCUT2D eigenvalue weighted by Gasteiger charge is 2.09. The Labute approximate surface area is 81.1 Å². The molecule has 0 radical (unpaired) electrons. The van der Waals surface area contributed by atoms with Gasteiger partial charge in [0.2, 0.25) is 0 Å². The van der Waals surface area contributed by atoms with Crippen LogP contribution in [0.4, 0.5) is 0 Å². The van der Waals surface area contributed by atoms with E-state index in [1.54, 1.807) is 0 Å². The number of rotatable bonds is 7. The third kappa shape index (κ3) is 5.42. The topological polar surface area (TPSA) is 50.4 Å². The summed E-state index contributed by atoms with van der Waals surface area (Å²) in [7, 11) is 0. The molecule has 0 fully saturated rings. The van der Waals surface area contributed by atoms with E-state index in [-0.39, 0.29) is 0 Å². The fourth-order valence-corrected chi connectivity index (χ4v) is 1.23. The van der Waals surface area contributed by atoms with Gasteiger partial charge in [0.25, 0.3) is 0 Å². The van der Waals surface area contributed by atoms with Crippen LogP contribution < -0.4 is 11.1 Å². The zero-order valence-electron chi connectivity index (χ0n) is 8.71. The van der Waals surface area contributed by atoms with E-state index >= 15 is 0 Å². The summed E-state index contributed by atoms with van der Waals surface area (Å²) in [6, 6.07) is 0. The van der Waals surface area contributed by atoms with E-state index in [9.17, 15) is 0 Å². The van der Waals surface area contributed by atoms with Gasteiger partial charge < -0.3 is 11.1 Å². The Bertz CT molecular complexity index is 164. The number of hydrogen-bond acceptors (Lipinski definition) is 2. The fourth-order valence-electron chi connectivity index (χ4n) is 1.23. The van der Waals surface area contributed by atoms with E-state index in [1.807, 2.05) is 0 Å². The lowest BCUT2D eigenvalue weighted by Crippen LogP contribution is -2.27. The molecule has 0 aliphatic rings. The molecule has 0 heterocycles. The molecule has 0 amide bonds. The van der Waals surface area contributed by atoms with E-state index in [4.69, 9.17) is 5.73 Å². The second-order valence-electron chi connectivity index (χ2n) is 2.98. The molecule has 0 rings (SSSR count). The van der Waals surface area contributed by atoms with Gasteiger partial charge in [-0.15, -0.1) is 0 Å². The summed E-state index contributed by atoms with van der Waals surface area (Å²) >= 11 is 0. The Morgan fingerprint density at radius 1 is 1.62 bits per heavy atom. The summed E-state index contributed by atoms with van der Waals surface area (Å²) < 4.78 is 0. The number of amidine groups is 1. The molecule has 0 aliphatic carbocycles. The van der Waals surface area contributed by atoms with Gasteiger partial charge >= 0.3 is 0 Å². The van der Waals surface area contributed by atoms with Crippen molar-refractivity contribution in [3.05, 3.63) is 12.8 Å². The Balaban J connectivity index is 3.87. The average Bonchev–Trinajstić information content (AvgIpc) is 2.13. The molecule has 76 valence electrons. The summed E-state index contributed by atoms with van der Waals surface area (Å²) in [5.41, 5.74) is 5.77. The summed E-state index contributed by atoms with van der Waals surface area (Å²) in [4.78, 5) is 4.01. The van der Waals surface area contributed by atoms with Crippen molar-refractivity contribution >= 4 is 5.84 Å². The van der Waals surface area contributed by atoms with Crippen molar-refractivity contribution in [2.75, 3.05) is 13.1 Å². The summed E-state index contributed by atoms with van der Waals surface area (Å²) in [5, 5.41) is 3.27. The van der Waals surface area contributed by atoms with Gasteiger partial charge in [0.05, 0.1) is 0 Å². The molecule has 0 saturated heterocycles. The smallest absolute Gasteiger partial charge is 0.102 e. The lowest BCUT2D eigenvalue weighted by Gasteiger charge is -2.13. The first-order valence-electron chi connectivity index (χ1n) is 4.91. The van der Waals surface area contributed by atoms with E-state index in [1.165, 1.54) is 6.20 Å². The standard InChI is InChI=1S/C10H21N3/c1-4-9(7-8-12-5-2)10(11)13-6-3/h6,9,12H,3-5,7-8H2,1-2H3,(H2,11,13). The molecule has 1 atom stereocenters. The van der Waals surface area contributed by atoms with Crippen LogP contribution in [0.1, 0.15) is 26.7 Å². The maximum absolute atomic E-state index is 5.77. The molecule has 3 heteroatoms. The quantitative estimate of drug-likeness (QED) is 0.357. The van der Waals surface area contributed by atoms with Crippen LogP contribution in [0.5, 0.6) is 0 Å². The van der Waals surface area contributed by atoms with Gasteiger partial charge in [-0.3, -0.25) is 0 Å². The van der Waals surface area contributed by atoms with Gasteiger partial charge in [0.1, 0.15) is 5.84 Å². The maximum atomic E-state index is 5.77. The zero-order valence-corrected chi connectivity index (χ0v) is 8.71. The molecule has 3 nitrogen and oxygen atoms in total. The van der Waals surface area contributed by atoms with Crippen molar-refractivity contribution < 1.29 is 0 Å². The van der Waals surface area contributed by atoms with Gasteiger partial charge in [-0.25, -0.2) is 4.99 Å². The molecule has 0 aromatic rings. The second-order valence-corrected chi connectivity index (χ2v) is 2.98. The maximum Gasteiger partial charge on any atom is 0.102 e. The second kappa shape index (κ2) is 7.80. The highest BCUT2D eigenvalue weighted by atomic mass is 14.9. The predicted molar refractivity (Wildman–Crippen MR) is 58.8 cm³/mol. The molecule has 0 aliphatic heterocycles. The first-order valence-corrected chi connectivity index (χ1v) is 4.91. The fraction of sp³-hybridized carbons (Fsp3) is 0.700. The van der Waals surface area contributed by atoms with E-state index in [0.29, 0.717) is 11.8 Å². The van der Waals surface area contributed by atoms with Crippen LogP contribution >= 0.6 is 0 Å². The van der Waals surface area contributed by atoms with Gasteiger partial charge in [-0.1, -0.05) is 20.4 Å². The largest absolute Gasteiger partial charge is 0.387 e. The number of hydrogen-bond donors (Lipinski definition) is 2. The van der Waals surface area contributed by atoms with Crippen LogP contribution in [0, 0.1) is 5.92 Å². The lowest BCUT2D eigenvalue weighted by molar-refractivity contribution is 0.559. The van der Waals surface area contributed by atoms with Crippen LogP contribution in [0.15, 0.2) is 17.8 Å². The normalized spacial score (nSPS) is 14.2. The highest BCUT2D eigenvalue weighted by molar-refractivity contribution is 5.83. The number of nitrogens with two attached hydrogens (primary N) is 1. The molecular weight excluding hydrogens is 162 g/mol. The molecule has 0 saturated carbocycles. The molecule has 0 bridgehead atoms. The van der Waals surface area contributed by atoms with Gasteiger partial charge in [-0.2, -0.15) is 0 Å². The van der Waals surface area contributed by atoms with Crippen molar-refractivity contribution in [2.45, 2.75) is 26.7 Å². The van der Waals surface area contributed by atoms with Crippen LogP contribution in [0.3, 0.4) is 0 Å². The van der Waals surface area contributed by atoms with Crippen molar-refractivity contribution in [1.29, 1.82) is 0 Å². The number of aliphatic imine (C=N–C) groups is 1. The van der Waals surface area contributed by atoms with E-state index in [2.05, 4.69) is 30.7 Å². The van der Waals surface area contributed by atoms with Crippen LogP contribution in [0.25, 0.3) is 0 Å². The summed E-state index contributed by atoms with van der Waals surface area (Å²) in [5.74, 6) is 1.09. The third-order valence-electron chi connectivity index (χ3n) is 2.07. The van der Waals surface area contributed by atoms with Crippen LogP contribution in [-0.2, 0) is 0 Å². The minimum atomic E-state index is 0.386. The molecule has 0 spiro atoms. The van der Waals surface area contributed by atoms with Gasteiger partial charge in [0, 0.05) is 12.1 Å². The molecule has 3 N–H and O–H groups in total. The first-order chi connectivity index (χ1) is 6.26.